The third kappa shape index (κ3) is 2.62. The van der Waals surface area contributed by atoms with Gasteiger partial charge in [-0.3, -0.25) is 4.79 Å². The van der Waals surface area contributed by atoms with Gasteiger partial charge in [0, 0.05) is 6.04 Å². The van der Waals surface area contributed by atoms with E-state index < -0.39 is 12.0 Å². The first kappa shape index (κ1) is 15.2. The third-order valence-electron chi connectivity index (χ3n) is 4.20. The number of ether oxygens (including phenoxy) is 1. The zero-order chi connectivity index (χ0) is 12.6. The second kappa shape index (κ2) is 5.89. The van der Waals surface area contributed by atoms with Gasteiger partial charge in [-0.2, -0.15) is 0 Å². The molecule has 4 unspecified atom stereocenters. The van der Waals surface area contributed by atoms with Crippen molar-refractivity contribution in [1.29, 1.82) is 0 Å². The lowest BCUT2D eigenvalue weighted by molar-refractivity contribution is -0.145. The number of esters is 1. The summed E-state index contributed by atoms with van der Waals surface area (Å²) in [7, 11) is 1.31. The Hall–Kier alpha value is -0.810. The number of nitrogens with one attached hydrogen (secondary N) is 1. The summed E-state index contributed by atoms with van der Waals surface area (Å²) >= 11 is 0. The molecule has 5 atom stereocenters. The molecular formula is C12H21ClN2O3. The first-order valence-corrected chi connectivity index (χ1v) is 6.18. The predicted octanol–water partition coefficient (Wildman–Crippen LogP) is 0.459. The van der Waals surface area contributed by atoms with Crippen LogP contribution in [0, 0.1) is 17.8 Å². The molecule has 2 bridgehead atoms. The Bertz CT molecular complexity index is 335. The van der Waals surface area contributed by atoms with Crippen molar-refractivity contribution < 1.29 is 14.3 Å². The number of carbonyl (C=O) groups is 2. The van der Waals surface area contributed by atoms with Crippen LogP contribution in [-0.4, -0.2) is 31.1 Å². The predicted molar refractivity (Wildman–Crippen MR) is 69.2 cm³/mol. The Labute approximate surface area is 113 Å². The summed E-state index contributed by atoms with van der Waals surface area (Å²) in [4.78, 5) is 23.3. The molecule has 0 aromatic rings. The largest absolute Gasteiger partial charge is 0.467 e. The normalized spacial score (nSPS) is 34.6. The van der Waals surface area contributed by atoms with Crippen LogP contribution in [-0.2, 0) is 14.3 Å². The first-order chi connectivity index (χ1) is 8.04. The molecule has 0 aromatic heterocycles. The Kier molecular flexibility index (Phi) is 4.99. The van der Waals surface area contributed by atoms with Crippen molar-refractivity contribution in [3.05, 3.63) is 0 Å². The number of hydrogen-bond donors (Lipinski definition) is 2. The van der Waals surface area contributed by atoms with Gasteiger partial charge in [0.25, 0.3) is 0 Å². The van der Waals surface area contributed by atoms with Crippen LogP contribution in [0.3, 0.4) is 0 Å². The zero-order valence-electron chi connectivity index (χ0n) is 10.7. The highest BCUT2D eigenvalue weighted by Gasteiger charge is 2.49. The molecule has 0 radical (unpaired) electrons. The van der Waals surface area contributed by atoms with Crippen molar-refractivity contribution in [2.24, 2.45) is 23.5 Å². The van der Waals surface area contributed by atoms with Crippen LogP contribution >= 0.6 is 12.4 Å². The van der Waals surface area contributed by atoms with Gasteiger partial charge in [-0.25, -0.2) is 4.79 Å². The lowest BCUT2D eigenvalue weighted by Gasteiger charge is -2.27. The minimum Gasteiger partial charge on any atom is -0.467 e. The van der Waals surface area contributed by atoms with E-state index in [1.54, 1.807) is 6.92 Å². The summed E-state index contributed by atoms with van der Waals surface area (Å²) < 4.78 is 4.58. The lowest BCUT2D eigenvalue weighted by Crippen LogP contribution is -2.49. The summed E-state index contributed by atoms with van der Waals surface area (Å²) in [6.45, 7) is 1.63. The van der Waals surface area contributed by atoms with Gasteiger partial charge in [0.15, 0.2) is 0 Å². The van der Waals surface area contributed by atoms with E-state index in [0.717, 1.165) is 19.3 Å². The van der Waals surface area contributed by atoms with Gasteiger partial charge < -0.3 is 15.8 Å². The summed E-state index contributed by atoms with van der Waals surface area (Å²) in [6, 6.07) is -0.641. The van der Waals surface area contributed by atoms with Crippen LogP contribution in [0.2, 0.25) is 0 Å². The fourth-order valence-electron chi connectivity index (χ4n) is 3.27. The molecule has 0 aliphatic heterocycles. The number of fused-ring (bicyclic) bond motifs is 2. The summed E-state index contributed by atoms with van der Waals surface area (Å²) in [5.74, 6) is 0.252. The second-order valence-corrected chi connectivity index (χ2v) is 5.19. The number of halogens is 1. The minimum absolute atomic E-state index is 0. The Morgan fingerprint density at radius 3 is 2.44 bits per heavy atom. The van der Waals surface area contributed by atoms with E-state index in [2.05, 4.69) is 10.1 Å². The number of methoxy groups -OCH3 is 1. The van der Waals surface area contributed by atoms with Gasteiger partial charge in [0.2, 0.25) is 5.91 Å². The van der Waals surface area contributed by atoms with Crippen LogP contribution < -0.4 is 11.1 Å². The summed E-state index contributed by atoms with van der Waals surface area (Å²) in [6.07, 6.45) is 3.29. The average molecular weight is 277 g/mol. The second-order valence-electron chi connectivity index (χ2n) is 5.19. The maximum atomic E-state index is 12.1. The van der Waals surface area contributed by atoms with Gasteiger partial charge in [-0.15, -0.1) is 12.4 Å². The number of rotatable bonds is 3. The van der Waals surface area contributed by atoms with E-state index in [9.17, 15) is 9.59 Å². The lowest BCUT2D eigenvalue weighted by atomic mass is 9.84. The van der Waals surface area contributed by atoms with Gasteiger partial charge in [0.1, 0.15) is 6.04 Å². The van der Waals surface area contributed by atoms with Crippen molar-refractivity contribution in [3.63, 3.8) is 0 Å². The van der Waals surface area contributed by atoms with Gasteiger partial charge in [-0.05, 0) is 38.0 Å². The third-order valence-corrected chi connectivity index (χ3v) is 4.20. The molecule has 1 amide bonds. The number of amides is 1. The molecule has 2 aliphatic rings. The highest BCUT2D eigenvalue weighted by Crippen LogP contribution is 2.47. The van der Waals surface area contributed by atoms with Crippen LogP contribution in [0.1, 0.15) is 26.2 Å². The first-order valence-electron chi connectivity index (χ1n) is 6.18. The van der Waals surface area contributed by atoms with Gasteiger partial charge >= 0.3 is 5.97 Å². The van der Waals surface area contributed by atoms with Crippen molar-refractivity contribution in [1.82, 2.24) is 5.32 Å². The molecule has 5 nitrogen and oxygen atoms in total. The smallest absolute Gasteiger partial charge is 0.328 e. The van der Waals surface area contributed by atoms with E-state index in [-0.39, 0.29) is 30.3 Å². The minimum atomic E-state index is -0.598. The zero-order valence-corrected chi connectivity index (χ0v) is 11.5. The molecule has 18 heavy (non-hydrogen) atoms. The maximum absolute atomic E-state index is 12.1. The molecule has 3 N–H and O–H groups in total. The SMILES string of the molecule is COC(=O)[C@@H](C)NC(=O)C1C2CCC(C2)C1N.Cl. The number of carbonyl (C=O) groups excluding carboxylic acids is 2. The molecule has 104 valence electrons. The molecule has 0 aromatic carbocycles. The molecule has 2 aliphatic carbocycles. The van der Waals surface area contributed by atoms with E-state index in [1.165, 1.54) is 7.11 Å². The maximum Gasteiger partial charge on any atom is 0.328 e. The Morgan fingerprint density at radius 1 is 1.33 bits per heavy atom. The molecule has 2 saturated carbocycles. The number of hydrogen-bond acceptors (Lipinski definition) is 4. The molecular weight excluding hydrogens is 256 g/mol. The summed E-state index contributed by atoms with van der Waals surface area (Å²) in [5, 5.41) is 2.69. The molecule has 0 heterocycles. The summed E-state index contributed by atoms with van der Waals surface area (Å²) in [5.41, 5.74) is 6.07. The molecule has 0 spiro atoms. The van der Waals surface area contributed by atoms with Crippen molar-refractivity contribution in [3.8, 4) is 0 Å². The van der Waals surface area contributed by atoms with Crippen LogP contribution in [0.5, 0.6) is 0 Å². The standard InChI is InChI=1S/C12H20N2O3.ClH/c1-6(12(16)17-2)14-11(15)9-7-3-4-8(5-7)10(9)13;/h6-10H,3-5,13H2,1-2H3,(H,14,15);1H/t6-,7?,8?,9?,10?;/m1./s1. The van der Waals surface area contributed by atoms with Gasteiger partial charge in [-0.1, -0.05) is 0 Å². The van der Waals surface area contributed by atoms with Crippen molar-refractivity contribution >= 4 is 24.3 Å². The quantitative estimate of drug-likeness (QED) is 0.734. The Morgan fingerprint density at radius 2 is 1.94 bits per heavy atom. The van der Waals surface area contributed by atoms with E-state index in [4.69, 9.17) is 5.73 Å². The molecule has 6 heteroatoms. The van der Waals surface area contributed by atoms with E-state index >= 15 is 0 Å². The monoisotopic (exact) mass is 276 g/mol. The Balaban J connectivity index is 0.00000162. The highest BCUT2D eigenvalue weighted by atomic mass is 35.5. The molecule has 2 fully saturated rings. The molecule has 0 saturated heterocycles. The highest BCUT2D eigenvalue weighted by molar-refractivity contribution is 5.86. The topological polar surface area (TPSA) is 81.4 Å². The average Bonchev–Trinajstić information content (AvgIpc) is 2.87. The van der Waals surface area contributed by atoms with Crippen LogP contribution in [0.25, 0.3) is 0 Å². The fourth-order valence-corrected chi connectivity index (χ4v) is 3.27. The number of nitrogens with two attached hydrogens (primary N) is 1. The van der Waals surface area contributed by atoms with Crippen LogP contribution in [0.4, 0.5) is 0 Å². The van der Waals surface area contributed by atoms with E-state index in [0.29, 0.717) is 11.8 Å². The van der Waals surface area contributed by atoms with E-state index in [1.807, 2.05) is 0 Å². The fraction of sp³-hybridized carbons (Fsp3) is 0.833. The molecule has 2 rings (SSSR count). The van der Waals surface area contributed by atoms with Crippen molar-refractivity contribution in [2.75, 3.05) is 7.11 Å². The van der Waals surface area contributed by atoms with Crippen LogP contribution in [0.15, 0.2) is 0 Å². The van der Waals surface area contributed by atoms with Crippen molar-refractivity contribution in [2.45, 2.75) is 38.3 Å². The van der Waals surface area contributed by atoms with Gasteiger partial charge in [0.05, 0.1) is 13.0 Å².